The van der Waals surface area contributed by atoms with Crippen LogP contribution in [0.2, 0.25) is 0 Å². The van der Waals surface area contributed by atoms with Crippen molar-refractivity contribution in [3.63, 3.8) is 0 Å². The summed E-state index contributed by atoms with van der Waals surface area (Å²) >= 11 is 0. The molecule has 0 bridgehead atoms. The standard InChI is InChI=1S/C11H24N2O2S/c1-3-4-5-12-10-11(2)13-6-8-16(14,15)9-7-13/h11-12H,3-10H2,1-2H3. The number of hydrogen-bond acceptors (Lipinski definition) is 4. The quantitative estimate of drug-likeness (QED) is 0.695. The van der Waals surface area contributed by atoms with Gasteiger partial charge < -0.3 is 5.32 Å². The van der Waals surface area contributed by atoms with E-state index in [-0.39, 0.29) is 0 Å². The number of nitrogens with zero attached hydrogens (tertiary/aromatic N) is 1. The Morgan fingerprint density at radius 1 is 1.31 bits per heavy atom. The predicted molar refractivity (Wildman–Crippen MR) is 67.5 cm³/mol. The Labute approximate surface area is 99.3 Å². The zero-order valence-electron chi connectivity index (χ0n) is 10.4. The molecule has 0 aromatic rings. The number of unbranched alkanes of at least 4 members (excludes halogenated alkanes) is 1. The summed E-state index contributed by atoms with van der Waals surface area (Å²) in [6.45, 7) is 7.75. The Bertz CT molecular complexity index is 276. The molecule has 0 amide bonds. The molecule has 1 heterocycles. The minimum atomic E-state index is -2.74. The smallest absolute Gasteiger partial charge is 0.152 e. The van der Waals surface area contributed by atoms with Crippen LogP contribution in [0.25, 0.3) is 0 Å². The van der Waals surface area contributed by atoms with E-state index in [0.717, 1.165) is 13.1 Å². The third-order valence-corrected chi connectivity index (χ3v) is 4.76. The second-order valence-corrected chi connectivity index (χ2v) is 6.90. The van der Waals surface area contributed by atoms with E-state index in [0.29, 0.717) is 30.6 Å². The van der Waals surface area contributed by atoms with Crippen molar-refractivity contribution in [3.05, 3.63) is 0 Å². The first-order valence-corrected chi connectivity index (χ1v) is 8.02. The Balaban J connectivity index is 2.20. The van der Waals surface area contributed by atoms with E-state index in [2.05, 4.69) is 24.1 Å². The third kappa shape index (κ3) is 4.80. The molecular weight excluding hydrogens is 224 g/mol. The summed E-state index contributed by atoms with van der Waals surface area (Å²) < 4.78 is 22.6. The van der Waals surface area contributed by atoms with Gasteiger partial charge in [-0.2, -0.15) is 0 Å². The zero-order chi connectivity index (χ0) is 12.0. The maximum Gasteiger partial charge on any atom is 0.152 e. The summed E-state index contributed by atoms with van der Waals surface area (Å²) in [5, 5.41) is 3.41. The van der Waals surface area contributed by atoms with E-state index < -0.39 is 9.84 Å². The Morgan fingerprint density at radius 3 is 2.50 bits per heavy atom. The second kappa shape index (κ2) is 6.57. The highest BCUT2D eigenvalue weighted by Crippen LogP contribution is 2.07. The van der Waals surface area contributed by atoms with Crippen molar-refractivity contribution in [2.45, 2.75) is 32.7 Å². The Hall–Kier alpha value is -0.130. The lowest BCUT2D eigenvalue weighted by Gasteiger charge is -2.32. The fraction of sp³-hybridized carbons (Fsp3) is 1.00. The summed E-state index contributed by atoms with van der Waals surface area (Å²) in [5.74, 6) is 0.651. The van der Waals surface area contributed by atoms with Crippen LogP contribution in [0.5, 0.6) is 0 Å². The largest absolute Gasteiger partial charge is 0.315 e. The molecule has 5 heteroatoms. The van der Waals surface area contributed by atoms with E-state index in [9.17, 15) is 8.42 Å². The number of rotatable bonds is 6. The maximum atomic E-state index is 11.3. The van der Waals surface area contributed by atoms with Crippen LogP contribution >= 0.6 is 0 Å². The highest BCUT2D eigenvalue weighted by molar-refractivity contribution is 7.91. The first-order chi connectivity index (χ1) is 7.55. The van der Waals surface area contributed by atoms with Crippen molar-refractivity contribution < 1.29 is 8.42 Å². The highest BCUT2D eigenvalue weighted by atomic mass is 32.2. The average Bonchev–Trinajstić information content (AvgIpc) is 2.24. The average molecular weight is 248 g/mol. The van der Waals surface area contributed by atoms with E-state index in [4.69, 9.17) is 0 Å². The van der Waals surface area contributed by atoms with Gasteiger partial charge in [0, 0.05) is 25.7 Å². The Morgan fingerprint density at radius 2 is 1.94 bits per heavy atom. The van der Waals surface area contributed by atoms with Crippen LogP contribution < -0.4 is 5.32 Å². The van der Waals surface area contributed by atoms with Gasteiger partial charge in [0.15, 0.2) is 9.84 Å². The molecule has 0 aromatic heterocycles. The van der Waals surface area contributed by atoms with Gasteiger partial charge in [-0.15, -0.1) is 0 Å². The molecule has 1 saturated heterocycles. The van der Waals surface area contributed by atoms with Crippen molar-refractivity contribution in [2.24, 2.45) is 0 Å². The summed E-state index contributed by atoms with van der Waals surface area (Å²) in [6.07, 6.45) is 2.42. The van der Waals surface area contributed by atoms with Crippen molar-refractivity contribution in [3.8, 4) is 0 Å². The molecule has 1 aliphatic heterocycles. The molecule has 0 spiro atoms. The van der Waals surface area contributed by atoms with Gasteiger partial charge in [-0.3, -0.25) is 4.90 Å². The molecule has 0 saturated carbocycles. The highest BCUT2D eigenvalue weighted by Gasteiger charge is 2.24. The molecule has 96 valence electrons. The maximum absolute atomic E-state index is 11.3. The second-order valence-electron chi connectivity index (χ2n) is 4.59. The van der Waals surface area contributed by atoms with Crippen LogP contribution in [-0.4, -0.2) is 57.0 Å². The number of nitrogens with one attached hydrogen (secondary N) is 1. The minimum Gasteiger partial charge on any atom is -0.315 e. The van der Waals surface area contributed by atoms with Crippen LogP contribution in [-0.2, 0) is 9.84 Å². The lowest BCUT2D eigenvalue weighted by atomic mass is 10.2. The van der Waals surface area contributed by atoms with Crippen LogP contribution in [0, 0.1) is 0 Å². The molecule has 1 unspecified atom stereocenters. The molecule has 1 rings (SSSR count). The first-order valence-electron chi connectivity index (χ1n) is 6.20. The van der Waals surface area contributed by atoms with Gasteiger partial charge in [-0.25, -0.2) is 8.42 Å². The lowest BCUT2D eigenvalue weighted by molar-refractivity contribution is 0.221. The number of hydrogen-bond donors (Lipinski definition) is 1. The zero-order valence-corrected chi connectivity index (χ0v) is 11.2. The molecule has 1 N–H and O–H groups in total. The molecule has 0 aliphatic carbocycles. The summed E-state index contributed by atoms with van der Waals surface area (Å²) in [6, 6.07) is 0.437. The van der Waals surface area contributed by atoms with Gasteiger partial charge in [0.2, 0.25) is 0 Å². The number of sulfone groups is 1. The van der Waals surface area contributed by atoms with Crippen LogP contribution in [0.3, 0.4) is 0 Å². The van der Waals surface area contributed by atoms with Gasteiger partial charge in [-0.05, 0) is 19.9 Å². The molecular formula is C11H24N2O2S. The van der Waals surface area contributed by atoms with Crippen molar-refractivity contribution in [2.75, 3.05) is 37.7 Å². The van der Waals surface area contributed by atoms with E-state index >= 15 is 0 Å². The minimum absolute atomic E-state index is 0.326. The van der Waals surface area contributed by atoms with Crippen LogP contribution in [0.4, 0.5) is 0 Å². The van der Waals surface area contributed by atoms with Crippen molar-refractivity contribution in [1.29, 1.82) is 0 Å². The van der Waals surface area contributed by atoms with Gasteiger partial charge >= 0.3 is 0 Å². The van der Waals surface area contributed by atoms with Crippen LogP contribution in [0.15, 0.2) is 0 Å². The summed E-state index contributed by atoms with van der Waals surface area (Å²) in [4.78, 5) is 2.26. The molecule has 1 aliphatic rings. The normalized spacial score (nSPS) is 23.1. The molecule has 1 atom stereocenters. The predicted octanol–water partition coefficient (Wildman–Crippen LogP) is 0.495. The first kappa shape index (κ1) is 13.9. The van der Waals surface area contributed by atoms with Gasteiger partial charge in [0.05, 0.1) is 11.5 Å². The molecule has 16 heavy (non-hydrogen) atoms. The fourth-order valence-electron chi connectivity index (χ4n) is 1.91. The fourth-order valence-corrected chi connectivity index (χ4v) is 3.14. The summed E-state index contributed by atoms with van der Waals surface area (Å²) in [5.41, 5.74) is 0. The molecule has 1 fully saturated rings. The van der Waals surface area contributed by atoms with E-state index in [1.807, 2.05) is 0 Å². The topological polar surface area (TPSA) is 49.4 Å². The van der Waals surface area contributed by atoms with Gasteiger partial charge in [0.1, 0.15) is 0 Å². The van der Waals surface area contributed by atoms with Crippen LogP contribution in [0.1, 0.15) is 26.7 Å². The third-order valence-electron chi connectivity index (χ3n) is 3.15. The molecule has 0 radical (unpaired) electrons. The SMILES string of the molecule is CCCCNCC(C)N1CCS(=O)(=O)CC1. The molecule has 4 nitrogen and oxygen atoms in total. The van der Waals surface area contributed by atoms with Crippen molar-refractivity contribution >= 4 is 9.84 Å². The lowest BCUT2D eigenvalue weighted by Crippen LogP contribution is -2.48. The van der Waals surface area contributed by atoms with E-state index in [1.54, 1.807) is 0 Å². The Kier molecular flexibility index (Phi) is 5.72. The van der Waals surface area contributed by atoms with Gasteiger partial charge in [-0.1, -0.05) is 13.3 Å². The van der Waals surface area contributed by atoms with Gasteiger partial charge in [0.25, 0.3) is 0 Å². The monoisotopic (exact) mass is 248 g/mol. The summed E-state index contributed by atoms with van der Waals surface area (Å²) in [7, 11) is -2.74. The molecule has 0 aromatic carbocycles. The van der Waals surface area contributed by atoms with E-state index in [1.165, 1.54) is 12.8 Å². The van der Waals surface area contributed by atoms with Crippen molar-refractivity contribution in [1.82, 2.24) is 10.2 Å².